The van der Waals surface area contributed by atoms with Crippen molar-refractivity contribution in [1.82, 2.24) is 5.32 Å². The highest BCUT2D eigenvalue weighted by molar-refractivity contribution is 5.53. The van der Waals surface area contributed by atoms with Crippen molar-refractivity contribution in [2.24, 2.45) is 0 Å². The molecule has 6 heteroatoms. The minimum atomic E-state index is -0.567. The number of hydrogen-bond donors (Lipinski definition) is 1. The molecule has 2 rings (SSSR count). The largest absolute Gasteiger partial charge is 0.371 e. The summed E-state index contributed by atoms with van der Waals surface area (Å²) in [7, 11) is 1.87. The second-order valence-corrected chi connectivity index (χ2v) is 4.87. The average Bonchev–Trinajstić information content (AvgIpc) is 2.65. The fourth-order valence-electron chi connectivity index (χ4n) is 2.47. The highest BCUT2D eigenvalue weighted by Gasteiger charge is 2.19. The van der Waals surface area contributed by atoms with Gasteiger partial charge in [0.2, 0.25) is 0 Å². The molecule has 1 saturated heterocycles. The molecule has 1 heterocycles. The molecule has 5 nitrogen and oxygen atoms in total. The molecule has 0 saturated carbocycles. The maximum absolute atomic E-state index is 13.5. The molecule has 1 aromatic carbocycles. The van der Waals surface area contributed by atoms with E-state index in [9.17, 15) is 14.5 Å². The van der Waals surface area contributed by atoms with Crippen LogP contribution >= 0.6 is 0 Å². The van der Waals surface area contributed by atoms with Crippen molar-refractivity contribution < 1.29 is 9.31 Å². The van der Waals surface area contributed by atoms with E-state index in [-0.39, 0.29) is 11.7 Å². The molecule has 1 N–H and O–H groups in total. The number of nitrogens with one attached hydrogen (secondary N) is 1. The molecule has 1 fully saturated rings. The molecule has 1 unspecified atom stereocenters. The van der Waals surface area contributed by atoms with E-state index in [0.29, 0.717) is 5.69 Å². The lowest BCUT2D eigenvalue weighted by molar-refractivity contribution is -0.385. The zero-order chi connectivity index (χ0) is 13.8. The summed E-state index contributed by atoms with van der Waals surface area (Å²) in [4.78, 5) is 12.2. The van der Waals surface area contributed by atoms with Crippen molar-refractivity contribution in [3.63, 3.8) is 0 Å². The zero-order valence-electron chi connectivity index (χ0n) is 10.9. The van der Waals surface area contributed by atoms with Gasteiger partial charge in [0.1, 0.15) is 5.82 Å². The molecule has 104 valence electrons. The molecule has 0 aromatic heterocycles. The van der Waals surface area contributed by atoms with Crippen molar-refractivity contribution in [3.8, 4) is 0 Å². The molecule has 1 aromatic rings. The first kappa shape index (κ1) is 13.7. The molecule has 0 spiro atoms. The topological polar surface area (TPSA) is 58.4 Å². The maximum Gasteiger partial charge on any atom is 0.274 e. The van der Waals surface area contributed by atoms with E-state index in [1.807, 2.05) is 11.9 Å². The first-order chi connectivity index (χ1) is 9.08. The minimum Gasteiger partial charge on any atom is -0.371 e. The monoisotopic (exact) mass is 267 g/mol. The van der Waals surface area contributed by atoms with Gasteiger partial charge in [0, 0.05) is 24.8 Å². The van der Waals surface area contributed by atoms with Gasteiger partial charge in [0.15, 0.2) is 0 Å². The van der Waals surface area contributed by atoms with E-state index in [2.05, 4.69) is 5.32 Å². The van der Waals surface area contributed by atoms with Crippen molar-refractivity contribution >= 4 is 11.4 Å². The van der Waals surface area contributed by atoms with Gasteiger partial charge in [-0.15, -0.1) is 0 Å². The first-order valence-electron chi connectivity index (χ1n) is 6.46. The van der Waals surface area contributed by atoms with Crippen LogP contribution in [-0.4, -0.2) is 31.1 Å². The van der Waals surface area contributed by atoms with Crippen molar-refractivity contribution in [2.45, 2.75) is 25.3 Å². The van der Waals surface area contributed by atoms with Crippen LogP contribution in [0.4, 0.5) is 15.8 Å². The number of nitrogens with zero attached hydrogens (tertiary/aromatic N) is 2. The highest BCUT2D eigenvalue weighted by atomic mass is 19.1. The lowest BCUT2D eigenvalue weighted by atomic mass is 10.1. The fourth-order valence-corrected chi connectivity index (χ4v) is 2.47. The van der Waals surface area contributed by atoms with Gasteiger partial charge in [-0.2, -0.15) is 0 Å². The summed E-state index contributed by atoms with van der Waals surface area (Å²) in [5.41, 5.74) is 0.368. The first-order valence-corrected chi connectivity index (χ1v) is 6.46. The number of non-ortho nitro benzene ring substituents is 1. The van der Waals surface area contributed by atoms with E-state index in [1.165, 1.54) is 12.1 Å². The molecule has 0 aliphatic carbocycles. The summed E-state index contributed by atoms with van der Waals surface area (Å²) in [6, 6.07) is 4.02. The molecule has 0 radical (unpaired) electrons. The van der Waals surface area contributed by atoms with Gasteiger partial charge in [-0.25, -0.2) is 4.39 Å². The molecule has 0 bridgehead atoms. The van der Waals surface area contributed by atoms with Gasteiger partial charge in [-0.05, 0) is 38.4 Å². The van der Waals surface area contributed by atoms with Crippen molar-refractivity contribution in [1.29, 1.82) is 0 Å². The summed E-state index contributed by atoms with van der Waals surface area (Å²) in [5.74, 6) is -0.567. The number of benzene rings is 1. The SMILES string of the molecule is CN(c1cc(F)cc([N+](=O)[O-])c1)C1CCCNCC1. The Kier molecular flexibility index (Phi) is 4.31. The van der Waals surface area contributed by atoms with Gasteiger partial charge in [-0.1, -0.05) is 0 Å². The molecular weight excluding hydrogens is 249 g/mol. The third kappa shape index (κ3) is 3.41. The van der Waals surface area contributed by atoms with E-state index in [1.54, 1.807) is 0 Å². The van der Waals surface area contributed by atoms with Gasteiger partial charge in [0.25, 0.3) is 5.69 Å². The number of rotatable bonds is 3. The molecule has 19 heavy (non-hydrogen) atoms. The third-order valence-corrected chi connectivity index (χ3v) is 3.58. The smallest absolute Gasteiger partial charge is 0.274 e. The normalized spacial score (nSPS) is 19.8. The van der Waals surface area contributed by atoms with Crippen LogP contribution in [-0.2, 0) is 0 Å². The number of nitro benzene ring substituents is 1. The fraction of sp³-hybridized carbons (Fsp3) is 0.538. The van der Waals surface area contributed by atoms with Gasteiger partial charge in [0.05, 0.1) is 11.0 Å². The van der Waals surface area contributed by atoms with E-state index in [0.717, 1.165) is 38.4 Å². The maximum atomic E-state index is 13.5. The molecule has 1 aliphatic rings. The van der Waals surface area contributed by atoms with Crippen LogP contribution in [0, 0.1) is 15.9 Å². The van der Waals surface area contributed by atoms with Crippen LogP contribution in [0.2, 0.25) is 0 Å². The van der Waals surface area contributed by atoms with Crippen LogP contribution < -0.4 is 10.2 Å². The lowest BCUT2D eigenvalue weighted by Gasteiger charge is -2.29. The number of nitro groups is 1. The predicted octanol–water partition coefficient (Wildman–Crippen LogP) is 2.31. The van der Waals surface area contributed by atoms with Crippen LogP contribution in [0.15, 0.2) is 18.2 Å². The van der Waals surface area contributed by atoms with Crippen LogP contribution in [0.1, 0.15) is 19.3 Å². The van der Waals surface area contributed by atoms with E-state index >= 15 is 0 Å². The van der Waals surface area contributed by atoms with E-state index in [4.69, 9.17) is 0 Å². The standard InChI is InChI=1S/C13H18FN3O2/c1-16(11-3-2-5-15-6-4-11)12-7-10(14)8-13(9-12)17(18)19/h7-9,11,15H,2-6H2,1H3. The van der Waals surface area contributed by atoms with Crippen LogP contribution in [0.3, 0.4) is 0 Å². The zero-order valence-corrected chi connectivity index (χ0v) is 10.9. The Bertz CT molecular complexity index is 459. The molecule has 1 atom stereocenters. The molecule has 0 amide bonds. The summed E-state index contributed by atoms with van der Waals surface area (Å²) < 4.78 is 13.5. The average molecular weight is 267 g/mol. The summed E-state index contributed by atoms with van der Waals surface area (Å²) in [6.07, 6.45) is 3.03. The van der Waals surface area contributed by atoms with Gasteiger partial charge < -0.3 is 10.2 Å². The van der Waals surface area contributed by atoms with Gasteiger partial charge in [-0.3, -0.25) is 10.1 Å². The molecule has 1 aliphatic heterocycles. The summed E-state index contributed by atoms with van der Waals surface area (Å²) >= 11 is 0. The van der Waals surface area contributed by atoms with Crippen molar-refractivity contribution in [3.05, 3.63) is 34.1 Å². The second kappa shape index (κ2) is 5.97. The Morgan fingerprint density at radius 1 is 1.37 bits per heavy atom. The Balaban J connectivity index is 2.21. The Labute approximate surface area is 111 Å². The Hall–Kier alpha value is -1.69. The minimum absolute atomic E-state index is 0.200. The van der Waals surface area contributed by atoms with Crippen molar-refractivity contribution in [2.75, 3.05) is 25.0 Å². The number of anilines is 1. The van der Waals surface area contributed by atoms with E-state index < -0.39 is 10.7 Å². The Morgan fingerprint density at radius 3 is 2.89 bits per heavy atom. The quantitative estimate of drug-likeness (QED) is 0.674. The summed E-state index contributed by atoms with van der Waals surface area (Å²) in [6.45, 7) is 1.92. The lowest BCUT2D eigenvalue weighted by Crippen LogP contribution is -2.32. The van der Waals surface area contributed by atoms with Gasteiger partial charge >= 0.3 is 0 Å². The van der Waals surface area contributed by atoms with Crippen LogP contribution in [0.5, 0.6) is 0 Å². The summed E-state index contributed by atoms with van der Waals surface area (Å²) in [5, 5.41) is 14.1. The molecular formula is C13H18FN3O2. The van der Waals surface area contributed by atoms with Crippen LogP contribution in [0.25, 0.3) is 0 Å². The predicted molar refractivity (Wildman–Crippen MR) is 72.0 cm³/mol. The number of hydrogen-bond acceptors (Lipinski definition) is 4. The number of halogens is 1. The highest BCUT2D eigenvalue weighted by Crippen LogP contribution is 2.26. The third-order valence-electron chi connectivity index (χ3n) is 3.58. The Morgan fingerprint density at radius 2 is 2.16 bits per heavy atom. The second-order valence-electron chi connectivity index (χ2n) is 4.87.